The van der Waals surface area contributed by atoms with E-state index in [1.165, 1.54) is 18.4 Å². The summed E-state index contributed by atoms with van der Waals surface area (Å²) in [6, 6.07) is 12.2. The molecule has 2 aromatic rings. The molecule has 1 aliphatic carbocycles. The van der Waals surface area contributed by atoms with Crippen molar-refractivity contribution in [3.05, 3.63) is 57.6 Å². The predicted octanol–water partition coefficient (Wildman–Crippen LogP) is 5.35. The van der Waals surface area contributed by atoms with Crippen molar-refractivity contribution in [1.29, 1.82) is 0 Å². The molecule has 110 valence electrons. The van der Waals surface area contributed by atoms with Gasteiger partial charge >= 0.3 is 0 Å². The second-order valence-electron chi connectivity index (χ2n) is 5.43. The molecule has 0 spiro atoms. The largest absolute Gasteiger partial charge is 0.456 e. The lowest BCUT2D eigenvalue weighted by molar-refractivity contribution is 0.478. The SMILES string of the molecule is Cc1ccc(CNC2CC2)cc1Oc1ccc(Cl)cc1Cl. The molecule has 21 heavy (non-hydrogen) atoms. The lowest BCUT2D eigenvalue weighted by Crippen LogP contribution is -2.15. The van der Waals surface area contributed by atoms with E-state index in [4.69, 9.17) is 27.9 Å². The maximum atomic E-state index is 6.16. The van der Waals surface area contributed by atoms with Crippen LogP contribution in [-0.2, 0) is 6.54 Å². The number of rotatable bonds is 5. The van der Waals surface area contributed by atoms with Crippen molar-refractivity contribution >= 4 is 23.2 Å². The molecule has 1 saturated carbocycles. The first-order valence-electron chi connectivity index (χ1n) is 7.07. The summed E-state index contributed by atoms with van der Waals surface area (Å²) in [6.45, 7) is 2.90. The van der Waals surface area contributed by atoms with Crippen LogP contribution in [0.5, 0.6) is 11.5 Å². The molecule has 0 heterocycles. The molecule has 0 amide bonds. The zero-order chi connectivity index (χ0) is 14.8. The van der Waals surface area contributed by atoms with Gasteiger partial charge in [-0.3, -0.25) is 0 Å². The summed E-state index contributed by atoms with van der Waals surface area (Å²) in [5.41, 5.74) is 2.30. The number of halogens is 2. The first kappa shape index (κ1) is 14.7. The second kappa shape index (κ2) is 6.27. The van der Waals surface area contributed by atoms with Crippen molar-refractivity contribution in [2.75, 3.05) is 0 Å². The molecular weight excluding hydrogens is 305 g/mol. The molecule has 0 aromatic heterocycles. The lowest BCUT2D eigenvalue weighted by Gasteiger charge is -2.12. The van der Waals surface area contributed by atoms with Gasteiger partial charge in [0.25, 0.3) is 0 Å². The lowest BCUT2D eigenvalue weighted by atomic mass is 10.1. The Morgan fingerprint density at radius 3 is 2.62 bits per heavy atom. The smallest absolute Gasteiger partial charge is 0.146 e. The van der Waals surface area contributed by atoms with Crippen molar-refractivity contribution in [3.63, 3.8) is 0 Å². The minimum atomic E-state index is 0.517. The van der Waals surface area contributed by atoms with E-state index in [9.17, 15) is 0 Å². The van der Waals surface area contributed by atoms with Crippen LogP contribution >= 0.6 is 23.2 Å². The standard InChI is InChI=1S/C17H17Cl2NO/c1-11-2-3-12(10-20-14-5-6-14)8-17(11)21-16-7-4-13(18)9-15(16)19/h2-4,7-9,14,20H,5-6,10H2,1H3. The van der Waals surface area contributed by atoms with Gasteiger partial charge in [-0.05, 0) is 55.2 Å². The van der Waals surface area contributed by atoms with Crippen LogP contribution in [0.3, 0.4) is 0 Å². The summed E-state index contributed by atoms with van der Waals surface area (Å²) in [5.74, 6) is 1.45. The molecule has 0 bridgehead atoms. The van der Waals surface area contributed by atoms with Gasteiger partial charge in [-0.2, -0.15) is 0 Å². The zero-order valence-corrected chi connectivity index (χ0v) is 13.3. The maximum Gasteiger partial charge on any atom is 0.146 e. The molecule has 1 fully saturated rings. The van der Waals surface area contributed by atoms with E-state index in [0.29, 0.717) is 21.8 Å². The molecule has 0 atom stereocenters. The van der Waals surface area contributed by atoms with Gasteiger partial charge in [0, 0.05) is 17.6 Å². The summed E-state index contributed by atoms with van der Waals surface area (Å²) in [7, 11) is 0. The highest BCUT2D eigenvalue weighted by atomic mass is 35.5. The summed E-state index contributed by atoms with van der Waals surface area (Å²) in [4.78, 5) is 0. The summed E-state index contributed by atoms with van der Waals surface area (Å²) >= 11 is 12.1. The van der Waals surface area contributed by atoms with Crippen molar-refractivity contribution in [2.45, 2.75) is 32.4 Å². The Morgan fingerprint density at radius 1 is 1.10 bits per heavy atom. The molecule has 1 aliphatic rings. The molecule has 3 rings (SSSR count). The normalized spacial score (nSPS) is 14.2. The molecule has 2 nitrogen and oxygen atoms in total. The van der Waals surface area contributed by atoms with Gasteiger partial charge in [0.15, 0.2) is 0 Å². The Bertz CT molecular complexity index is 653. The van der Waals surface area contributed by atoms with Gasteiger partial charge in [-0.25, -0.2) is 0 Å². The number of benzene rings is 2. The fourth-order valence-electron chi connectivity index (χ4n) is 2.09. The van der Waals surface area contributed by atoms with Crippen LogP contribution in [0.1, 0.15) is 24.0 Å². The van der Waals surface area contributed by atoms with E-state index in [1.807, 2.05) is 6.92 Å². The van der Waals surface area contributed by atoms with Crippen LogP contribution in [-0.4, -0.2) is 6.04 Å². The third kappa shape index (κ3) is 3.91. The van der Waals surface area contributed by atoms with Crippen LogP contribution in [0.15, 0.2) is 36.4 Å². The van der Waals surface area contributed by atoms with Crippen LogP contribution < -0.4 is 10.1 Å². The van der Waals surface area contributed by atoms with Crippen LogP contribution in [0.2, 0.25) is 10.0 Å². The minimum Gasteiger partial charge on any atom is -0.456 e. The molecular formula is C17H17Cl2NO. The highest BCUT2D eigenvalue weighted by Gasteiger charge is 2.20. The minimum absolute atomic E-state index is 0.517. The van der Waals surface area contributed by atoms with E-state index in [1.54, 1.807) is 18.2 Å². The average molecular weight is 322 g/mol. The summed E-state index contributed by atoms with van der Waals surface area (Å²) < 4.78 is 5.94. The third-order valence-electron chi connectivity index (χ3n) is 3.54. The highest BCUT2D eigenvalue weighted by Crippen LogP contribution is 2.33. The van der Waals surface area contributed by atoms with E-state index < -0.39 is 0 Å². The molecule has 2 aromatic carbocycles. The van der Waals surface area contributed by atoms with Gasteiger partial charge in [-0.15, -0.1) is 0 Å². The monoisotopic (exact) mass is 321 g/mol. The Hall–Kier alpha value is -1.22. The Morgan fingerprint density at radius 2 is 1.90 bits per heavy atom. The van der Waals surface area contributed by atoms with E-state index in [-0.39, 0.29) is 0 Å². The van der Waals surface area contributed by atoms with Gasteiger partial charge < -0.3 is 10.1 Å². The number of nitrogens with one attached hydrogen (secondary N) is 1. The van der Waals surface area contributed by atoms with Crippen molar-refractivity contribution in [3.8, 4) is 11.5 Å². The predicted molar refractivity (Wildman–Crippen MR) is 87.6 cm³/mol. The van der Waals surface area contributed by atoms with Crippen LogP contribution in [0.25, 0.3) is 0 Å². The number of hydrogen-bond acceptors (Lipinski definition) is 2. The fourth-order valence-corrected chi connectivity index (χ4v) is 2.54. The summed E-state index contributed by atoms with van der Waals surface area (Å²) in [5, 5.41) is 4.62. The highest BCUT2D eigenvalue weighted by molar-refractivity contribution is 6.35. The van der Waals surface area contributed by atoms with Crippen molar-refractivity contribution < 1.29 is 4.74 Å². The summed E-state index contributed by atoms with van der Waals surface area (Å²) in [6.07, 6.45) is 2.57. The van der Waals surface area contributed by atoms with E-state index in [2.05, 4.69) is 23.5 Å². The van der Waals surface area contributed by atoms with E-state index in [0.717, 1.165) is 17.9 Å². The third-order valence-corrected chi connectivity index (χ3v) is 4.07. The molecule has 4 heteroatoms. The topological polar surface area (TPSA) is 21.3 Å². The van der Waals surface area contributed by atoms with Gasteiger partial charge in [-0.1, -0.05) is 35.3 Å². The first-order chi connectivity index (χ1) is 10.1. The van der Waals surface area contributed by atoms with E-state index >= 15 is 0 Å². The van der Waals surface area contributed by atoms with Crippen LogP contribution in [0.4, 0.5) is 0 Å². The molecule has 0 radical (unpaired) electrons. The Labute approximate surface area is 135 Å². The molecule has 0 aliphatic heterocycles. The molecule has 0 saturated heterocycles. The number of hydrogen-bond donors (Lipinski definition) is 1. The first-order valence-corrected chi connectivity index (χ1v) is 7.83. The van der Waals surface area contributed by atoms with Crippen molar-refractivity contribution in [1.82, 2.24) is 5.32 Å². The Balaban J connectivity index is 1.77. The Kier molecular flexibility index (Phi) is 4.39. The van der Waals surface area contributed by atoms with Gasteiger partial charge in [0.05, 0.1) is 5.02 Å². The second-order valence-corrected chi connectivity index (χ2v) is 6.28. The van der Waals surface area contributed by atoms with Gasteiger partial charge in [0.2, 0.25) is 0 Å². The van der Waals surface area contributed by atoms with Gasteiger partial charge in [0.1, 0.15) is 11.5 Å². The molecule has 0 unspecified atom stereocenters. The number of ether oxygens (including phenoxy) is 1. The average Bonchev–Trinajstić information content (AvgIpc) is 3.27. The fraction of sp³-hybridized carbons (Fsp3) is 0.294. The maximum absolute atomic E-state index is 6.16. The van der Waals surface area contributed by atoms with Crippen molar-refractivity contribution in [2.24, 2.45) is 0 Å². The number of aryl methyl sites for hydroxylation is 1. The van der Waals surface area contributed by atoms with Crippen LogP contribution in [0, 0.1) is 6.92 Å². The zero-order valence-electron chi connectivity index (χ0n) is 11.8. The molecule has 1 N–H and O–H groups in total. The quantitative estimate of drug-likeness (QED) is 0.801.